The zero-order valence-corrected chi connectivity index (χ0v) is 12.5. The molecule has 6 heteroatoms. The normalized spacial score (nSPS) is 20.9. The minimum Gasteiger partial charge on any atom is -0.368 e. The highest BCUT2D eigenvalue weighted by molar-refractivity contribution is 5.92. The topological polar surface area (TPSA) is 75.9 Å². The SMILES string of the molecule is NC(=O)CN1CC2(CCN(OCc3ccccc3)CC2)C1=O. The Hall–Kier alpha value is -1.92. The molecule has 2 N–H and O–H groups in total. The number of piperidine rings is 1. The second kappa shape index (κ2) is 6.06. The summed E-state index contributed by atoms with van der Waals surface area (Å²) < 4.78 is 0. The van der Waals surface area contributed by atoms with Gasteiger partial charge in [-0.05, 0) is 18.4 Å². The number of β-lactam (4-membered cyclic amide) rings is 1. The molecule has 1 aromatic carbocycles. The number of hydroxylamine groups is 2. The van der Waals surface area contributed by atoms with Crippen LogP contribution in [0, 0.1) is 5.41 Å². The third-order valence-electron chi connectivity index (χ3n) is 4.52. The number of likely N-dealkylation sites (tertiary alicyclic amines) is 1. The highest BCUT2D eigenvalue weighted by Crippen LogP contribution is 2.41. The summed E-state index contributed by atoms with van der Waals surface area (Å²) in [7, 11) is 0. The van der Waals surface area contributed by atoms with E-state index in [4.69, 9.17) is 10.6 Å². The minimum atomic E-state index is -0.452. The Morgan fingerprint density at radius 2 is 1.91 bits per heavy atom. The molecule has 2 heterocycles. The summed E-state index contributed by atoms with van der Waals surface area (Å²) in [6, 6.07) is 10.0. The second-order valence-corrected chi connectivity index (χ2v) is 6.10. The summed E-state index contributed by atoms with van der Waals surface area (Å²) in [5.41, 5.74) is 5.98. The van der Waals surface area contributed by atoms with Crippen molar-refractivity contribution in [2.24, 2.45) is 11.1 Å². The Balaban J connectivity index is 1.45. The first-order valence-electron chi connectivity index (χ1n) is 7.59. The summed E-state index contributed by atoms with van der Waals surface area (Å²) in [4.78, 5) is 30.4. The number of rotatable bonds is 5. The average molecular weight is 303 g/mol. The highest BCUT2D eigenvalue weighted by atomic mass is 16.7. The number of benzene rings is 1. The van der Waals surface area contributed by atoms with Crippen molar-refractivity contribution in [1.82, 2.24) is 9.96 Å². The molecule has 2 saturated heterocycles. The van der Waals surface area contributed by atoms with Gasteiger partial charge in [0.2, 0.25) is 11.8 Å². The lowest BCUT2D eigenvalue weighted by atomic mass is 9.71. The fourth-order valence-corrected chi connectivity index (χ4v) is 3.22. The molecule has 0 radical (unpaired) electrons. The van der Waals surface area contributed by atoms with E-state index in [0.717, 1.165) is 31.5 Å². The maximum Gasteiger partial charge on any atom is 0.237 e. The van der Waals surface area contributed by atoms with Gasteiger partial charge in [-0.2, -0.15) is 5.06 Å². The van der Waals surface area contributed by atoms with Crippen LogP contribution < -0.4 is 5.73 Å². The molecule has 2 amide bonds. The van der Waals surface area contributed by atoms with E-state index in [-0.39, 0.29) is 17.9 Å². The van der Waals surface area contributed by atoms with Gasteiger partial charge < -0.3 is 10.6 Å². The first-order valence-corrected chi connectivity index (χ1v) is 7.59. The van der Waals surface area contributed by atoms with Crippen LogP contribution in [0.5, 0.6) is 0 Å². The molecule has 1 aromatic rings. The van der Waals surface area contributed by atoms with Crippen LogP contribution in [0.15, 0.2) is 30.3 Å². The number of carbonyl (C=O) groups excluding carboxylic acids is 2. The van der Waals surface area contributed by atoms with Crippen LogP contribution >= 0.6 is 0 Å². The molecule has 0 atom stereocenters. The number of hydrogen-bond acceptors (Lipinski definition) is 4. The molecule has 2 aliphatic rings. The van der Waals surface area contributed by atoms with Gasteiger partial charge in [0.1, 0.15) is 0 Å². The van der Waals surface area contributed by atoms with Gasteiger partial charge in [0, 0.05) is 19.6 Å². The molecule has 0 unspecified atom stereocenters. The highest BCUT2D eigenvalue weighted by Gasteiger charge is 2.53. The van der Waals surface area contributed by atoms with Gasteiger partial charge >= 0.3 is 0 Å². The Bertz CT molecular complexity index is 553. The molecular weight excluding hydrogens is 282 g/mol. The number of carbonyl (C=O) groups is 2. The molecule has 0 aromatic heterocycles. The first-order chi connectivity index (χ1) is 10.6. The average Bonchev–Trinajstić information content (AvgIpc) is 2.54. The Morgan fingerprint density at radius 1 is 1.23 bits per heavy atom. The lowest BCUT2D eigenvalue weighted by molar-refractivity contribution is -0.207. The van der Waals surface area contributed by atoms with E-state index in [1.807, 2.05) is 35.4 Å². The van der Waals surface area contributed by atoms with Gasteiger partial charge in [-0.3, -0.25) is 14.4 Å². The van der Waals surface area contributed by atoms with Crippen molar-refractivity contribution in [1.29, 1.82) is 0 Å². The largest absolute Gasteiger partial charge is 0.368 e. The van der Waals surface area contributed by atoms with E-state index in [1.165, 1.54) is 0 Å². The summed E-state index contributed by atoms with van der Waals surface area (Å²) in [6.07, 6.45) is 1.55. The molecule has 0 saturated carbocycles. The van der Waals surface area contributed by atoms with Gasteiger partial charge in [-0.1, -0.05) is 30.3 Å². The molecule has 22 heavy (non-hydrogen) atoms. The Kier molecular flexibility index (Phi) is 4.13. The monoisotopic (exact) mass is 303 g/mol. The van der Waals surface area contributed by atoms with Crippen LogP contribution in [0.4, 0.5) is 0 Å². The van der Waals surface area contributed by atoms with Gasteiger partial charge in [-0.15, -0.1) is 0 Å². The molecule has 2 aliphatic heterocycles. The van der Waals surface area contributed by atoms with Crippen LogP contribution in [0.25, 0.3) is 0 Å². The molecule has 118 valence electrons. The summed E-state index contributed by atoms with van der Waals surface area (Å²) >= 11 is 0. The van der Waals surface area contributed by atoms with Crippen molar-refractivity contribution in [2.75, 3.05) is 26.2 Å². The summed E-state index contributed by atoms with van der Waals surface area (Å²) in [5, 5.41) is 1.93. The standard InChI is InChI=1S/C16H21N3O3/c17-14(20)10-18-12-16(15(18)21)6-8-19(9-7-16)22-11-13-4-2-1-3-5-13/h1-5H,6-12H2,(H2,17,20). The second-order valence-electron chi connectivity index (χ2n) is 6.10. The van der Waals surface area contributed by atoms with Gasteiger partial charge in [-0.25, -0.2) is 0 Å². The maximum atomic E-state index is 12.2. The van der Waals surface area contributed by atoms with Crippen molar-refractivity contribution < 1.29 is 14.4 Å². The zero-order chi connectivity index (χ0) is 15.6. The third kappa shape index (κ3) is 2.98. The number of amides is 2. The summed E-state index contributed by atoms with van der Waals surface area (Å²) in [5.74, 6) is -0.388. The van der Waals surface area contributed by atoms with Crippen LogP contribution in [0.2, 0.25) is 0 Å². The molecule has 1 spiro atoms. The van der Waals surface area contributed by atoms with Gasteiger partial charge in [0.25, 0.3) is 0 Å². The zero-order valence-electron chi connectivity index (χ0n) is 12.5. The first kappa shape index (κ1) is 15.0. The van der Waals surface area contributed by atoms with E-state index in [1.54, 1.807) is 4.90 Å². The number of nitrogens with two attached hydrogens (primary N) is 1. The maximum absolute atomic E-state index is 12.2. The number of nitrogens with zero attached hydrogens (tertiary/aromatic N) is 2. The molecule has 0 bridgehead atoms. The van der Waals surface area contributed by atoms with Crippen LogP contribution in [-0.2, 0) is 21.0 Å². The van der Waals surface area contributed by atoms with Crippen LogP contribution in [0.3, 0.4) is 0 Å². The fraction of sp³-hybridized carbons (Fsp3) is 0.500. The fourth-order valence-electron chi connectivity index (χ4n) is 3.22. The van der Waals surface area contributed by atoms with E-state index in [0.29, 0.717) is 13.2 Å². The van der Waals surface area contributed by atoms with E-state index >= 15 is 0 Å². The van der Waals surface area contributed by atoms with Crippen molar-refractivity contribution in [3.8, 4) is 0 Å². The predicted octanol–water partition coefficient (Wildman–Crippen LogP) is 0.528. The number of hydrogen-bond donors (Lipinski definition) is 1. The smallest absolute Gasteiger partial charge is 0.237 e. The lowest BCUT2D eigenvalue weighted by Crippen LogP contribution is -2.65. The Labute approximate surface area is 129 Å². The quantitative estimate of drug-likeness (QED) is 0.805. The van der Waals surface area contributed by atoms with Gasteiger partial charge in [0.15, 0.2) is 0 Å². The summed E-state index contributed by atoms with van der Waals surface area (Å²) in [6.45, 7) is 2.71. The van der Waals surface area contributed by atoms with Gasteiger partial charge in [0.05, 0.1) is 18.6 Å². The van der Waals surface area contributed by atoms with Crippen LogP contribution in [-0.4, -0.2) is 48.0 Å². The van der Waals surface area contributed by atoms with Crippen LogP contribution in [0.1, 0.15) is 18.4 Å². The molecule has 0 aliphatic carbocycles. The molecule has 2 fully saturated rings. The molecular formula is C16H21N3O3. The van der Waals surface area contributed by atoms with E-state index in [9.17, 15) is 9.59 Å². The predicted molar refractivity (Wildman–Crippen MR) is 80.2 cm³/mol. The third-order valence-corrected chi connectivity index (χ3v) is 4.52. The van der Waals surface area contributed by atoms with Crippen molar-refractivity contribution in [3.63, 3.8) is 0 Å². The number of primary amides is 1. The van der Waals surface area contributed by atoms with E-state index < -0.39 is 5.91 Å². The van der Waals surface area contributed by atoms with Crippen molar-refractivity contribution in [2.45, 2.75) is 19.4 Å². The molecule has 3 rings (SSSR count). The van der Waals surface area contributed by atoms with E-state index in [2.05, 4.69) is 0 Å². The molecule has 6 nitrogen and oxygen atoms in total. The van der Waals surface area contributed by atoms with Crippen molar-refractivity contribution in [3.05, 3.63) is 35.9 Å². The minimum absolute atomic E-state index is 0.0365. The van der Waals surface area contributed by atoms with Crippen molar-refractivity contribution >= 4 is 11.8 Å². The Morgan fingerprint density at radius 3 is 2.50 bits per heavy atom. The lowest BCUT2D eigenvalue weighted by Gasteiger charge is -2.51.